The molecule has 3 aromatic rings. The van der Waals surface area contributed by atoms with E-state index < -0.39 is 0 Å². The molecular formula is C20H22ClN5O. The molecule has 4 rings (SSSR count). The van der Waals surface area contributed by atoms with Gasteiger partial charge in [-0.05, 0) is 18.1 Å². The van der Waals surface area contributed by atoms with Crippen LogP contribution in [0.15, 0.2) is 42.6 Å². The number of nitrogens with one attached hydrogen (secondary N) is 1. The van der Waals surface area contributed by atoms with Crippen molar-refractivity contribution >= 4 is 28.8 Å². The molecule has 7 heteroatoms. The number of hydrogen-bond donors (Lipinski definition) is 1. The van der Waals surface area contributed by atoms with Crippen molar-refractivity contribution in [1.29, 1.82) is 0 Å². The third-order valence-electron chi connectivity index (χ3n) is 5.38. The predicted octanol–water partition coefficient (Wildman–Crippen LogP) is 3.00. The first-order valence-corrected chi connectivity index (χ1v) is 9.55. The molecule has 1 aliphatic rings. The van der Waals surface area contributed by atoms with E-state index in [1.54, 1.807) is 11.6 Å². The summed E-state index contributed by atoms with van der Waals surface area (Å²) < 4.78 is 1.66. The van der Waals surface area contributed by atoms with Gasteiger partial charge in [-0.25, -0.2) is 9.50 Å². The maximum absolute atomic E-state index is 11.9. The number of pyridine rings is 1. The van der Waals surface area contributed by atoms with Crippen LogP contribution in [0.25, 0.3) is 5.65 Å². The maximum Gasteiger partial charge on any atom is 0.290 e. The first kappa shape index (κ1) is 17.8. The highest BCUT2D eigenvalue weighted by Crippen LogP contribution is 2.36. The van der Waals surface area contributed by atoms with Gasteiger partial charge in [0.2, 0.25) is 5.82 Å². The minimum atomic E-state index is -0.307. The average molecular weight is 384 g/mol. The lowest BCUT2D eigenvalue weighted by Gasteiger charge is -2.26. The first-order chi connectivity index (χ1) is 13.0. The monoisotopic (exact) mass is 383 g/mol. The fourth-order valence-electron chi connectivity index (χ4n) is 3.77. The Kier molecular flexibility index (Phi) is 4.52. The Morgan fingerprint density at radius 3 is 2.81 bits per heavy atom. The summed E-state index contributed by atoms with van der Waals surface area (Å²) in [4.78, 5) is 18.6. The SMILES string of the molecule is CNC(=O)c1nc2c(CCl)cc(N3CC[C@](C)(c4ccccc4)C3)cn2n1. The normalized spacial score (nSPS) is 19.6. The van der Waals surface area contributed by atoms with Crippen LogP contribution in [0.3, 0.4) is 0 Å². The van der Waals surface area contributed by atoms with Crippen LogP contribution in [-0.2, 0) is 11.3 Å². The van der Waals surface area contributed by atoms with E-state index in [9.17, 15) is 4.79 Å². The van der Waals surface area contributed by atoms with Crippen molar-refractivity contribution in [1.82, 2.24) is 19.9 Å². The van der Waals surface area contributed by atoms with Gasteiger partial charge in [-0.1, -0.05) is 37.3 Å². The molecule has 1 atom stereocenters. The predicted molar refractivity (Wildman–Crippen MR) is 107 cm³/mol. The van der Waals surface area contributed by atoms with E-state index >= 15 is 0 Å². The smallest absolute Gasteiger partial charge is 0.290 e. The molecule has 27 heavy (non-hydrogen) atoms. The standard InChI is InChI=1S/C20H22ClN5O/c1-20(15-6-4-3-5-7-15)8-9-25(13-20)16-10-14(11-21)18-23-17(19(27)22-2)24-26(18)12-16/h3-7,10,12H,8-9,11,13H2,1-2H3,(H,22,27)/t20-/m0/s1. The Morgan fingerprint density at radius 2 is 2.11 bits per heavy atom. The van der Waals surface area contributed by atoms with E-state index in [-0.39, 0.29) is 17.1 Å². The molecule has 0 saturated carbocycles. The molecule has 0 radical (unpaired) electrons. The second kappa shape index (κ2) is 6.85. The number of carbonyl (C=O) groups is 1. The van der Waals surface area contributed by atoms with Crippen molar-refractivity contribution in [2.75, 3.05) is 25.0 Å². The van der Waals surface area contributed by atoms with Crippen molar-refractivity contribution in [2.45, 2.75) is 24.6 Å². The second-order valence-electron chi connectivity index (χ2n) is 7.24. The summed E-state index contributed by atoms with van der Waals surface area (Å²) in [7, 11) is 1.57. The van der Waals surface area contributed by atoms with Crippen molar-refractivity contribution in [3.63, 3.8) is 0 Å². The summed E-state index contributed by atoms with van der Waals surface area (Å²) in [5.74, 6) is 0.155. The molecule has 0 bridgehead atoms. The Hall–Kier alpha value is -2.60. The number of hydrogen-bond acceptors (Lipinski definition) is 4. The highest BCUT2D eigenvalue weighted by Gasteiger charge is 2.35. The fourth-order valence-corrected chi connectivity index (χ4v) is 3.97. The van der Waals surface area contributed by atoms with Crippen LogP contribution in [0.1, 0.15) is 35.1 Å². The lowest BCUT2D eigenvalue weighted by molar-refractivity contribution is 0.0953. The molecule has 1 amide bonds. The molecule has 1 aliphatic heterocycles. The number of nitrogens with zero attached hydrogens (tertiary/aromatic N) is 4. The molecule has 140 valence electrons. The number of aromatic nitrogens is 3. The third-order valence-corrected chi connectivity index (χ3v) is 5.67. The van der Waals surface area contributed by atoms with Gasteiger partial charge in [0.1, 0.15) is 0 Å². The van der Waals surface area contributed by atoms with E-state index in [2.05, 4.69) is 63.6 Å². The van der Waals surface area contributed by atoms with Gasteiger partial charge in [0, 0.05) is 31.1 Å². The number of fused-ring (bicyclic) bond motifs is 1. The Morgan fingerprint density at radius 1 is 1.33 bits per heavy atom. The molecular weight excluding hydrogens is 362 g/mol. The number of halogens is 1. The highest BCUT2D eigenvalue weighted by atomic mass is 35.5. The van der Waals surface area contributed by atoms with E-state index in [0.717, 1.165) is 30.8 Å². The van der Waals surface area contributed by atoms with E-state index in [0.29, 0.717) is 11.5 Å². The Balaban J connectivity index is 1.69. The van der Waals surface area contributed by atoms with Gasteiger partial charge in [0.05, 0.1) is 17.8 Å². The van der Waals surface area contributed by atoms with Gasteiger partial charge in [-0.3, -0.25) is 4.79 Å². The van der Waals surface area contributed by atoms with Crippen LogP contribution in [-0.4, -0.2) is 40.6 Å². The summed E-state index contributed by atoms with van der Waals surface area (Å²) in [5.41, 5.74) is 4.00. The average Bonchev–Trinajstić information content (AvgIpc) is 3.32. The molecule has 1 saturated heterocycles. The Bertz CT molecular complexity index is 987. The number of benzene rings is 1. The molecule has 1 N–H and O–H groups in total. The van der Waals surface area contributed by atoms with E-state index in [4.69, 9.17) is 11.6 Å². The van der Waals surface area contributed by atoms with Crippen LogP contribution >= 0.6 is 11.6 Å². The zero-order valence-electron chi connectivity index (χ0n) is 15.4. The number of carbonyl (C=O) groups excluding carboxylic acids is 1. The topological polar surface area (TPSA) is 62.5 Å². The minimum Gasteiger partial charge on any atom is -0.369 e. The van der Waals surface area contributed by atoms with E-state index in [1.807, 2.05) is 6.20 Å². The van der Waals surface area contributed by atoms with Crippen molar-refractivity contribution < 1.29 is 4.79 Å². The summed E-state index contributed by atoms with van der Waals surface area (Å²) in [5, 5.41) is 6.88. The Labute approximate surface area is 163 Å². The van der Waals surface area contributed by atoms with Gasteiger partial charge in [0.25, 0.3) is 5.91 Å². The van der Waals surface area contributed by atoms with Gasteiger partial charge in [-0.15, -0.1) is 16.7 Å². The summed E-state index contributed by atoms with van der Waals surface area (Å²) >= 11 is 6.16. The largest absolute Gasteiger partial charge is 0.369 e. The van der Waals surface area contributed by atoms with Crippen LogP contribution in [0.4, 0.5) is 5.69 Å². The van der Waals surface area contributed by atoms with E-state index in [1.165, 1.54) is 5.56 Å². The maximum atomic E-state index is 11.9. The third kappa shape index (κ3) is 3.14. The molecule has 0 spiro atoms. The molecule has 1 fully saturated rings. The molecule has 1 aromatic carbocycles. The quantitative estimate of drug-likeness (QED) is 0.703. The zero-order chi connectivity index (χ0) is 19.0. The van der Waals surface area contributed by atoms with Crippen LogP contribution in [0, 0.1) is 0 Å². The van der Waals surface area contributed by atoms with Gasteiger partial charge >= 0.3 is 0 Å². The summed E-state index contributed by atoms with van der Waals surface area (Å²) in [6.07, 6.45) is 3.01. The van der Waals surface area contributed by atoms with Crippen molar-refractivity contribution in [3.05, 3.63) is 59.5 Å². The fraction of sp³-hybridized carbons (Fsp3) is 0.350. The molecule has 3 heterocycles. The van der Waals surface area contributed by atoms with Crippen LogP contribution < -0.4 is 10.2 Å². The lowest BCUT2D eigenvalue weighted by Crippen LogP contribution is -2.28. The minimum absolute atomic E-state index is 0.104. The number of alkyl halides is 1. The zero-order valence-corrected chi connectivity index (χ0v) is 16.2. The first-order valence-electron chi connectivity index (χ1n) is 9.02. The summed E-state index contributed by atoms with van der Waals surface area (Å²) in [6, 6.07) is 12.7. The van der Waals surface area contributed by atoms with Crippen LogP contribution in [0.2, 0.25) is 0 Å². The van der Waals surface area contributed by atoms with Gasteiger partial charge in [-0.2, -0.15) is 0 Å². The summed E-state index contributed by atoms with van der Waals surface area (Å²) in [6.45, 7) is 4.18. The number of anilines is 1. The van der Waals surface area contributed by atoms with Crippen LogP contribution in [0.5, 0.6) is 0 Å². The van der Waals surface area contributed by atoms with Gasteiger partial charge < -0.3 is 10.2 Å². The van der Waals surface area contributed by atoms with Crippen molar-refractivity contribution in [3.8, 4) is 0 Å². The lowest BCUT2D eigenvalue weighted by atomic mass is 9.82. The molecule has 6 nitrogen and oxygen atoms in total. The van der Waals surface area contributed by atoms with Crippen molar-refractivity contribution in [2.24, 2.45) is 0 Å². The number of rotatable bonds is 4. The molecule has 2 aromatic heterocycles. The van der Waals surface area contributed by atoms with Gasteiger partial charge in [0.15, 0.2) is 5.65 Å². The second-order valence-corrected chi connectivity index (χ2v) is 7.51. The molecule has 0 unspecified atom stereocenters. The number of amides is 1. The molecule has 0 aliphatic carbocycles. The highest BCUT2D eigenvalue weighted by molar-refractivity contribution is 6.17.